The second-order valence-corrected chi connectivity index (χ2v) is 6.10. The molecule has 24 heavy (non-hydrogen) atoms. The molecule has 2 aromatic carbocycles. The number of nitrogens with one attached hydrogen (secondary N) is 2. The first-order chi connectivity index (χ1) is 11.6. The van der Waals surface area contributed by atoms with Crippen LogP contribution in [0.15, 0.2) is 70.2 Å². The van der Waals surface area contributed by atoms with Gasteiger partial charge in [0, 0.05) is 10.0 Å². The lowest BCUT2D eigenvalue weighted by atomic mass is 10.1. The number of H-pyrrole nitrogens is 1. The van der Waals surface area contributed by atoms with Crippen molar-refractivity contribution in [3.05, 3.63) is 76.4 Å². The van der Waals surface area contributed by atoms with E-state index in [1.807, 2.05) is 61.5 Å². The Morgan fingerprint density at radius 2 is 1.92 bits per heavy atom. The van der Waals surface area contributed by atoms with E-state index in [-0.39, 0.29) is 5.91 Å². The molecule has 6 heteroatoms. The normalized spacial score (nSPS) is 11.3. The maximum Gasteiger partial charge on any atom is 0.289 e. The quantitative estimate of drug-likeness (QED) is 0.528. The predicted octanol–water partition coefficient (Wildman–Crippen LogP) is 3.99. The Bertz CT molecular complexity index is 887. The third kappa shape index (κ3) is 3.78. The maximum atomic E-state index is 12.2. The minimum absolute atomic E-state index is 0.334. The van der Waals surface area contributed by atoms with Gasteiger partial charge in [0.1, 0.15) is 5.69 Å². The highest BCUT2D eigenvalue weighted by atomic mass is 79.9. The molecular weight excluding hydrogens is 368 g/mol. The first-order valence-electron chi connectivity index (χ1n) is 7.35. The molecule has 0 aliphatic carbocycles. The van der Waals surface area contributed by atoms with E-state index >= 15 is 0 Å². The van der Waals surface area contributed by atoms with Crippen molar-refractivity contribution in [1.82, 2.24) is 15.6 Å². The highest BCUT2D eigenvalue weighted by Gasteiger charge is 2.10. The van der Waals surface area contributed by atoms with Gasteiger partial charge in [-0.3, -0.25) is 9.89 Å². The standard InChI is InChI=1S/C18H15BrN4O/c1-12(14-8-5-9-15(19)10-14)20-23-18(24)17-11-16(21-22-17)13-6-3-2-4-7-13/h2-11H,1H3,(H,21,22)(H,23,24). The molecule has 0 spiro atoms. The number of halogens is 1. The third-order valence-corrected chi connectivity index (χ3v) is 3.95. The van der Waals surface area contributed by atoms with Crippen molar-refractivity contribution in [2.45, 2.75) is 6.92 Å². The van der Waals surface area contributed by atoms with E-state index < -0.39 is 0 Å². The first-order valence-corrected chi connectivity index (χ1v) is 8.14. The van der Waals surface area contributed by atoms with Gasteiger partial charge in [0.2, 0.25) is 0 Å². The summed E-state index contributed by atoms with van der Waals surface area (Å²) in [4.78, 5) is 12.2. The molecule has 1 heterocycles. The SMILES string of the molecule is CC(=NNC(=O)c1cc(-c2ccccc2)n[nH]1)c1cccc(Br)c1. The zero-order valence-electron chi connectivity index (χ0n) is 13.0. The third-order valence-electron chi connectivity index (χ3n) is 3.46. The largest absolute Gasteiger partial charge is 0.289 e. The van der Waals surface area contributed by atoms with Gasteiger partial charge in [-0.25, -0.2) is 5.43 Å². The summed E-state index contributed by atoms with van der Waals surface area (Å²) < 4.78 is 0.960. The van der Waals surface area contributed by atoms with E-state index in [2.05, 4.69) is 36.7 Å². The number of hydrogen-bond acceptors (Lipinski definition) is 3. The summed E-state index contributed by atoms with van der Waals surface area (Å²) in [6, 6.07) is 19.1. The maximum absolute atomic E-state index is 12.2. The molecule has 5 nitrogen and oxygen atoms in total. The number of amides is 1. The molecule has 0 saturated heterocycles. The number of rotatable bonds is 4. The van der Waals surface area contributed by atoms with Gasteiger partial charge in [0.25, 0.3) is 5.91 Å². The van der Waals surface area contributed by atoms with Crippen LogP contribution in [0.25, 0.3) is 11.3 Å². The number of hydrogen-bond donors (Lipinski definition) is 2. The fourth-order valence-corrected chi connectivity index (χ4v) is 2.57. The summed E-state index contributed by atoms with van der Waals surface area (Å²) in [5.74, 6) is -0.334. The molecule has 0 bridgehead atoms. The summed E-state index contributed by atoms with van der Waals surface area (Å²) in [6.45, 7) is 1.84. The van der Waals surface area contributed by atoms with Crippen LogP contribution in [0.3, 0.4) is 0 Å². The number of aromatic nitrogens is 2. The molecule has 0 atom stereocenters. The average molecular weight is 383 g/mol. The summed E-state index contributed by atoms with van der Waals surface area (Å²) >= 11 is 3.42. The topological polar surface area (TPSA) is 70.1 Å². The lowest BCUT2D eigenvalue weighted by Gasteiger charge is -2.02. The van der Waals surface area contributed by atoms with Crippen molar-refractivity contribution in [1.29, 1.82) is 0 Å². The summed E-state index contributed by atoms with van der Waals surface area (Å²) in [6.07, 6.45) is 0. The molecule has 3 rings (SSSR count). The molecule has 2 N–H and O–H groups in total. The molecule has 1 aromatic heterocycles. The number of carbonyl (C=O) groups excluding carboxylic acids is 1. The predicted molar refractivity (Wildman–Crippen MR) is 97.8 cm³/mol. The van der Waals surface area contributed by atoms with Crippen molar-refractivity contribution in [2.75, 3.05) is 0 Å². The van der Waals surface area contributed by atoms with Crippen molar-refractivity contribution < 1.29 is 4.79 Å². The monoisotopic (exact) mass is 382 g/mol. The molecular formula is C18H15BrN4O. The van der Waals surface area contributed by atoms with E-state index in [4.69, 9.17) is 0 Å². The second kappa shape index (κ2) is 7.23. The summed E-state index contributed by atoms with van der Waals surface area (Å²) in [5.41, 5.74) is 6.21. The van der Waals surface area contributed by atoms with Crippen LogP contribution < -0.4 is 5.43 Å². The Labute approximate surface area is 147 Å². The fraction of sp³-hybridized carbons (Fsp3) is 0.0556. The van der Waals surface area contributed by atoms with Gasteiger partial charge in [0.05, 0.1) is 11.4 Å². The van der Waals surface area contributed by atoms with Gasteiger partial charge in [-0.1, -0.05) is 58.4 Å². The van der Waals surface area contributed by atoms with Gasteiger partial charge in [-0.05, 0) is 30.7 Å². The minimum Gasteiger partial charge on any atom is -0.272 e. The molecule has 0 unspecified atom stereocenters. The Hall–Kier alpha value is -2.73. The van der Waals surface area contributed by atoms with Gasteiger partial charge < -0.3 is 0 Å². The molecule has 1 amide bonds. The Morgan fingerprint density at radius 3 is 2.67 bits per heavy atom. The zero-order chi connectivity index (χ0) is 16.9. The van der Waals surface area contributed by atoms with Crippen LogP contribution in [-0.2, 0) is 0 Å². The lowest BCUT2D eigenvalue weighted by Crippen LogP contribution is -2.19. The van der Waals surface area contributed by atoms with E-state index in [0.29, 0.717) is 17.1 Å². The van der Waals surface area contributed by atoms with E-state index in [0.717, 1.165) is 15.6 Å². The van der Waals surface area contributed by atoms with Crippen LogP contribution in [0, 0.1) is 0 Å². The molecule has 0 aliphatic heterocycles. The first kappa shape index (κ1) is 16.1. The van der Waals surface area contributed by atoms with Crippen LogP contribution in [0.4, 0.5) is 0 Å². The van der Waals surface area contributed by atoms with Crippen molar-refractivity contribution in [2.24, 2.45) is 5.10 Å². The smallest absolute Gasteiger partial charge is 0.272 e. The highest BCUT2D eigenvalue weighted by Crippen LogP contribution is 2.17. The van der Waals surface area contributed by atoms with Crippen LogP contribution in [-0.4, -0.2) is 21.8 Å². The number of benzene rings is 2. The van der Waals surface area contributed by atoms with Crippen LogP contribution in [0.5, 0.6) is 0 Å². The van der Waals surface area contributed by atoms with Crippen molar-refractivity contribution in [3.63, 3.8) is 0 Å². The summed E-state index contributed by atoms with van der Waals surface area (Å²) in [5, 5.41) is 11.0. The van der Waals surface area contributed by atoms with Gasteiger partial charge in [-0.15, -0.1) is 0 Å². The van der Waals surface area contributed by atoms with Crippen molar-refractivity contribution >= 4 is 27.5 Å². The van der Waals surface area contributed by atoms with Crippen molar-refractivity contribution in [3.8, 4) is 11.3 Å². The summed E-state index contributed by atoms with van der Waals surface area (Å²) in [7, 11) is 0. The number of nitrogens with zero attached hydrogens (tertiary/aromatic N) is 2. The fourth-order valence-electron chi connectivity index (χ4n) is 2.17. The van der Waals surface area contributed by atoms with Crippen LogP contribution in [0.1, 0.15) is 23.0 Å². The minimum atomic E-state index is -0.334. The zero-order valence-corrected chi connectivity index (χ0v) is 14.5. The lowest BCUT2D eigenvalue weighted by molar-refractivity contribution is 0.0950. The van der Waals surface area contributed by atoms with Gasteiger partial charge >= 0.3 is 0 Å². The molecule has 0 radical (unpaired) electrons. The molecule has 0 fully saturated rings. The van der Waals surface area contributed by atoms with Crippen LogP contribution >= 0.6 is 15.9 Å². The number of carbonyl (C=O) groups is 1. The highest BCUT2D eigenvalue weighted by molar-refractivity contribution is 9.10. The Kier molecular flexibility index (Phi) is 4.86. The molecule has 120 valence electrons. The Balaban J connectivity index is 1.71. The molecule has 0 saturated carbocycles. The number of aromatic amines is 1. The van der Waals surface area contributed by atoms with Gasteiger partial charge in [0.15, 0.2) is 0 Å². The van der Waals surface area contributed by atoms with Crippen LogP contribution in [0.2, 0.25) is 0 Å². The molecule has 0 aliphatic rings. The van der Waals surface area contributed by atoms with E-state index in [1.54, 1.807) is 6.07 Å². The Morgan fingerprint density at radius 1 is 1.12 bits per heavy atom. The van der Waals surface area contributed by atoms with E-state index in [9.17, 15) is 4.79 Å². The number of hydrazone groups is 1. The van der Waals surface area contributed by atoms with E-state index in [1.165, 1.54) is 0 Å². The van der Waals surface area contributed by atoms with Gasteiger partial charge in [-0.2, -0.15) is 10.2 Å². The molecule has 3 aromatic rings. The second-order valence-electron chi connectivity index (χ2n) is 5.18. The average Bonchev–Trinajstić information content (AvgIpc) is 3.10.